The molecule has 0 aliphatic heterocycles. The average Bonchev–Trinajstić information content (AvgIpc) is 2.64. The van der Waals surface area contributed by atoms with E-state index >= 15 is 0 Å². The Labute approximate surface area is 150 Å². The normalized spacial score (nSPS) is 10.6. The van der Waals surface area contributed by atoms with Crippen molar-refractivity contribution < 1.29 is 18.7 Å². The summed E-state index contributed by atoms with van der Waals surface area (Å²) in [4.78, 5) is 24.3. The molecule has 0 radical (unpaired) electrons. The van der Waals surface area contributed by atoms with Crippen molar-refractivity contribution in [1.82, 2.24) is 5.32 Å². The summed E-state index contributed by atoms with van der Waals surface area (Å²) in [6.07, 6.45) is 0. The van der Waals surface area contributed by atoms with E-state index in [9.17, 15) is 9.59 Å². The largest absolute Gasteiger partial charge is 0.497 e. The second kappa shape index (κ2) is 7.31. The van der Waals surface area contributed by atoms with E-state index in [1.807, 2.05) is 19.1 Å². The van der Waals surface area contributed by atoms with Crippen molar-refractivity contribution in [1.29, 1.82) is 0 Å². The minimum absolute atomic E-state index is 0.198. The summed E-state index contributed by atoms with van der Waals surface area (Å²) in [5, 5.41) is 3.61. The number of rotatable bonds is 5. The van der Waals surface area contributed by atoms with Gasteiger partial charge in [-0.2, -0.15) is 0 Å². The molecule has 134 valence electrons. The SMILES string of the molecule is COc1cc(OC)cc(C(=O)NCc2cc(=O)oc3cc(C)ccc23)c1. The van der Waals surface area contributed by atoms with Crippen molar-refractivity contribution in [3.63, 3.8) is 0 Å². The molecule has 0 atom stereocenters. The summed E-state index contributed by atoms with van der Waals surface area (Å²) in [6, 6.07) is 11.9. The molecule has 1 amide bonds. The third kappa shape index (κ3) is 3.69. The molecule has 0 fully saturated rings. The zero-order chi connectivity index (χ0) is 18.7. The number of amides is 1. The Morgan fingerprint density at radius 1 is 1.04 bits per heavy atom. The lowest BCUT2D eigenvalue weighted by molar-refractivity contribution is 0.0950. The van der Waals surface area contributed by atoms with Gasteiger partial charge in [0.2, 0.25) is 0 Å². The van der Waals surface area contributed by atoms with Crippen LogP contribution in [0.25, 0.3) is 11.0 Å². The number of ether oxygens (including phenoxy) is 2. The molecule has 0 aliphatic rings. The topological polar surface area (TPSA) is 77.8 Å². The molecule has 6 nitrogen and oxygen atoms in total. The molecule has 0 bridgehead atoms. The zero-order valence-corrected chi connectivity index (χ0v) is 14.8. The fraction of sp³-hybridized carbons (Fsp3) is 0.200. The van der Waals surface area contributed by atoms with Gasteiger partial charge in [-0.05, 0) is 36.2 Å². The van der Waals surface area contributed by atoms with Gasteiger partial charge in [-0.25, -0.2) is 4.79 Å². The number of hydrogen-bond donors (Lipinski definition) is 1. The van der Waals surface area contributed by atoms with Gasteiger partial charge in [0, 0.05) is 29.6 Å². The van der Waals surface area contributed by atoms with Crippen LogP contribution in [0.3, 0.4) is 0 Å². The first-order valence-corrected chi connectivity index (χ1v) is 8.05. The number of hydrogen-bond acceptors (Lipinski definition) is 5. The highest BCUT2D eigenvalue weighted by molar-refractivity contribution is 5.95. The first kappa shape index (κ1) is 17.5. The Morgan fingerprint density at radius 3 is 2.38 bits per heavy atom. The van der Waals surface area contributed by atoms with E-state index in [0.717, 1.165) is 10.9 Å². The summed E-state index contributed by atoms with van der Waals surface area (Å²) in [7, 11) is 3.04. The van der Waals surface area contributed by atoms with E-state index < -0.39 is 5.63 Å². The monoisotopic (exact) mass is 353 g/mol. The smallest absolute Gasteiger partial charge is 0.336 e. The van der Waals surface area contributed by atoms with Crippen LogP contribution in [-0.4, -0.2) is 20.1 Å². The van der Waals surface area contributed by atoms with Crippen LogP contribution in [0.5, 0.6) is 11.5 Å². The summed E-state index contributed by atoms with van der Waals surface area (Å²) < 4.78 is 15.6. The Bertz CT molecular complexity index is 1000. The number of carbonyl (C=O) groups is 1. The molecule has 2 aromatic carbocycles. The fourth-order valence-corrected chi connectivity index (χ4v) is 2.70. The molecule has 1 heterocycles. The maximum atomic E-state index is 12.5. The Balaban J connectivity index is 1.86. The number of methoxy groups -OCH3 is 2. The van der Waals surface area contributed by atoms with Crippen molar-refractivity contribution in [2.45, 2.75) is 13.5 Å². The highest BCUT2D eigenvalue weighted by Gasteiger charge is 2.12. The summed E-state index contributed by atoms with van der Waals surface area (Å²) in [5.41, 5.74) is 2.15. The summed E-state index contributed by atoms with van der Waals surface area (Å²) >= 11 is 0. The van der Waals surface area contributed by atoms with Gasteiger partial charge in [0.1, 0.15) is 17.1 Å². The number of benzene rings is 2. The molecule has 1 aromatic heterocycles. The Hall–Kier alpha value is -3.28. The van der Waals surface area contributed by atoms with E-state index in [0.29, 0.717) is 28.2 Å². The van der Waals surface area contributed by atoms with Crippen molar-refractivity contribution in [3.05, 3.63) is 69.6 Å². The molecule has 0 saturated heterocycles. The second-order valence-corrected chi connectivity index (χ2v) is 5.87. The summed E-state index contributed by atoms with van der Waals surface area (Å²) in [5.74, 6) is 0.752. The molecular formula is C20H19NO5. The zero-order valence-electron chi connectivity index (χ0n) is 14.8. The molecular weight excluding hydrogens is 334 g/mol. The van der Waals surface area contributed by atoms with Crippen molar-refractivity contribution in [3.8, 4) is 11.5 Å². The van der Waals surface area contributed by atoms with Gasteiger partial charge in [0.15, 0.2) is 0 Å². The molecule has 0 spiro atoms. The van der Waals surface area contributed by atoms with Crippen LogP contribution < -0.4 is 20.4 Å². The second-order valence-electron chi connectivity index (χ2n) is 5.87. The number of fused-ring (bicyclic) bond motifs is 1. The Kier molecular flexibility index (Phi) is 4.93. The highest BCUT2D eigenvalue weighted by atomic mass is 16.5. The fourth-order valence-electron chi connectivity index (χ4n) is 2.70. The van der Waals surface area contributed by atoms with Crippen LogP contribution in [0.15, 0.2) is 51.7 Å². The van der Waals surface area contributed by atoms with Crippen LogP contribution in [0.1, 0.15) is 21.5 Å². The molecule has 3 rings (SSSR count). The predicted octanol–water partition coefficient (Wildman–Crippen LogP) is 3.05. The molecule has 26 heavy (non-hydrogen) atoms. The lowest BCUT2D eigenvalue weighted by Crippen LogP contribution is -2.23. The average molecular weight is 353 g/mol. The molecule has 0 saturated carbocycles. The highest BCUT2D eigenvalue weighted by Crippen LogP contribution is 2.23. The molecule has 1 N–H and O–H groups in total. The van der Waals surface area contributed by atoms with Crippen LogP contribution in [0.2, 0.25) is 0 Å². The van der Waals surface area contributed by atoms with Crippen LogP contribution >= 0.6 is 0 Å². The third-order valence-corrected chi connectivity index (χ3v) is 4.04. The molecule has 6 heteroatoms. The molecule has 0 unspecified atom stereocenters. The minimum atomic E-state index is -0.449. The Morgan fingerprint density at radius 2 is 1.73 bits per heavy atom. The quantitative estimate of drug-likeness (QED) is 0.714. The first-order chi connectivity index (χ1) is 12.5. The van der Waals surface area contributed by atoms with E-state index in [2.05, 4.69) is 5.32 Å². The van der Waals surface area contributed by atoms with Gasteiger partial charge in [0.25, 0.3) is 5.91 Å². The van der Waals surface area contributed by atoms with Crippen LogP contribution in [0.4, 0.5) is 0 Å². The van der Waals surface area contributed by atoms with Crippen LogP contribution in [0, 0.1) is 6.92 Å². The third-order valence-electron chi connectivity index (χ3n) is 4.04. The van der Waals surface area contributed by atoms with E-state index in [1.165, 1.54) is 20.3 Å². The van der Waals surface area contributed by atoms with Crippen molar-refractivity contribution >= 4 is 16.9 Å². The molecule has 0 aliphatic carbocycles. The lowest BCUT2D eigenvalue weighted by atomic mass is 10.1. The van der Waals surface area contributed by atoms with Crippen molar-refractivity contribution in [2.24, 2.45) is 0 Å². The van der Waals surface area contributed by atoms with E-state index in [1.54, 1.807) is 24.3 Å². The van der Waals surface area contributed by atoms with Crippen LogP contribution in [-0.2, 0) is 6.54 Å². The maximum absolute atomic E-state index is 12.5. The number of aryl methyl sites for hydroxylation is 1. The molecule has 3 aromatic rings. The van der Waals surface area contributed by atoms with E-state index in [4.69, 9.17) is 13.9 Å². The minimum Gasteiger partial charge on any atom is -0.497 e. The van der Waals surface area contributed by atoms with Gasteiger partial charge in [-0.15, -0.1) is 0 Å². The standard InChI is InChI=1S/C20H19NO5/c1-12-4-5-17-14(9-19(22)26-18(17)6-12)11-21-20(23)13-7-15(24-2)10-16(8-13)25-3/h4-10H,11H2,1-3H3,(H,21,23). The summed E-state index contributed by atoms with van der Waals surface area (Å²) in [6.45, 7) is 2.12. The van der Waals surface area contributed by atoms with Gasteiger partial charge in [-0.1, -0.05) is 12.1 Å². The number of nitrogens with one attached hydrogen (secondary N) is 1. The predicted molar refractivity (Wildman–Crippen MR) is 97.9 cm³/mol. The number of carbonyl (C=O) groups excluding carboxylic acids is 1. The first-order valence-electron chi connectivity index (χ1n) is 8.05. The maximum Gasteiger partial charge on any atom is 0.336 e. The van der Waals surface area contributed by atoms with Gasteiger partial charge >= 0.3 is 5.63 Å². The van der Waals surface area contributed by atoms with Gasteiger partial charge in [-0.3, -0.25) is 4.79 Å². The van der Waals surface area contributed by atoms with Crippen molar-refractivity contribution in [2.75, 3.05) is 14.2 Å². The lowest BCUT2D eigenvalue weighted by Gasteiger charge is -2.10. The van der Waals surface area contributed by atoms with Gasteiger partial charge < -0.3 is 19.2 Å². The van der Waals surface area contributed by atoms with E-state index in [-0.39, 0.29) is 12.5 Å². The van der Waals surface area contributed by atoms with Gasteiger partial charge in [0.05, 0.1) is 14.2 Å².